The van der Waals surface area contributed by atoms with Gasteiger partial charge in [-0.05, 0) is 18.2 Å². The number of hydrogen-bond acceptors (Lipinski definition) is 4. The van der Waals surface area contributed by atoms with Crippen LogP contribution < -0.4 is 14.8 Å². The Labute approximate surface area is 105 Å². The zero-order valence-electron chi connectivity index (χ0n) is 10.4. The van der Waals surface area contributed by atoms with E-state index in [1.807, 2.05) is 0 Å². The van der Waals surface area contributed by atoms with Gasteiger partial charge in [0.05, 0.1) is 14.2 Å². The third-order valence-corrected chi connectivity index (χ3v) is 2.26. The molecule has 0 bridgehead atoms. The van der Waals surface area contributed by atoms with Crippen LogP contribution in [0.3, 0.4) is 0 Å². The van der Waals surface area contributed by atoms with Gasteiger partial charge in [-0.15, -0.1) is 6.58 Å². The number of amides is 1. The fourth-order valence-electron chi connectivity index (χ4n) is 1.35. The molecule has 0 fully saturated rings. The van der Waals surface area contributed by atoms with E-state index in [1.54, 1.807) is 6.07 Å². The molecule has 0 aliphatic rings. The minimum Gasteiger partial charge on any atom is -0.493 e. The van der Waals surface area contributed by atoms with Crippen LogP contribution in [0.15, 0.2) is 30.9 Å². The molecule has 18 heavy (non-hydrogen) atoms. The summed E-state index contributed by atoms with van der Waals surface area (Å²) in [7, 11) is 2.96. The number of carbonyl (C=O) groups is 2. The highest BCUT2D eigenvalue weighted by Crippen LogP contribution is 2.27. The summed E-state index contributed by atoms with van der Waals surface area (Å²) in [6.07, 6.45) is 1.50. The van der Waals surface area contributed by atoms with E-state index in [1.165, 1.54) is 32.4 Å². The number of carbonyl (C=O) groups excluding carboxylic acids is 2. The third kappa shape index (κ3) is 3.10. The second kappa shape index (κ2) is 6.44. The lowest BCUT2D eigenvalue weighted by atomic mass is 10.1. The highest BCUT2D eigenvalue weighted by molar-refractivity contribution is 6.42. The second-order valence-corrected chi connectivity index (χ2v) is 3.40. The molecule has 1 aromatic carbocycles. The van der Waals surface area contributed by atoms with E-state index in [4.69, 9.17) is 9.47 Å². The smallest absolute Gasteiger partial charge is 0.292 e. The Morgan fingerprint density at radius 3 is 2.50 bits per heavy atom. The molecule has 0 unspecified atom stereocenters. The molecule has 5 heteroatoms. The summed E-state index contributed by atoms with van der Waals surface area (Å²) in [5.41, 5.74) is 0.245. The number of rotatable bonds is 6. The van der Waals surface area contributed by atoms with E-state index in [-0.39, 0.29) is 12.1 Å². The van der Waals surface area contributed by atoms with Gasteiger partial charge in [-0.2, -0.15) is 0 Å². The number of hydrogen-bond donors (Lipinski definition) is 1. The van der Waals surface area contributed by atoms with Gasteiger partial charge in [0.15, 0.2) is 11.5 Å². The van der Waals surface area contributed by atoms with E-state index in [0.29, 0.717) is 11.5 Å². The first-order valence-corrected chi connectivity index (χ1v) is 5.29. The topological polar surface area (TPSA) is 64.6 Å². The van der Waals surface area contributed by atoms with Gasteiger partial charge in [0.2, 0.25) is 5.78 Å². The molecular weight excluding hydrogens is 234 g/mol. The van der Waals surface area contributed by atoms with Gasteiger partial charge in [-0.1, -0.05) is 6.08 Å². The zero-order chi connectivity index (χ0) is 13.5. The van der Waals surface area contributed by atoms with Crippen molar-refractivity contribution in [2.24, 2.45) is 0 Å². The van der Waals surface area contributed by atoms with Gasteiger partial charge in [-0.25, -0.2) is 0 Å². The number of ether oxygens (including phenoxy) is 2. The number of benzene rings is 1. The van der Waals surface area contributed by atoms with Crippen LogP contribution in [0, 0.1) is 0 Å². The van der Waals surface area contributed by atoms with Crippen molar-refractivity contribution in [2.45, 2.75) is 0 Å². The first kappa shape index (κ1) is 13.8. The van der Waals surface area contributed by atoms with Crippen LogP contribution >= 0.6 is 0 Å². The SMILES string of the molecule is C=CCNC(=O)C(=O)c1ccc(OC)c(OC)c1. The van der Waals surface area contributed by atoms with Crippen LogP contribution in [0.1, 0.15) is 10.4 Å². The Balaban J connectivity index is 2.92. The van der Waals surface area contributed by atoms with Gasteiger partial charge in [0, 0.05) is 12.1 Å². The Morgan fingerprint density at radius 2 is 1.94 bits per heavy atom. The lowest BCUT2D eigenvalue weighted by molar-refractivity contribution is -0.116. The van der Waals surface area contributed by atoms with Crippen LogP contribution in [0.5, 0.6) is 11.5 Å². The fourth-order valence-corrected chi connectivity index (χ4v) is 1.35. The summed E-state index contributed by atoms with van der Waals surface area (Å²) in [6, 6.07) is 4.55. The molecule has 1 N–H and O–H groups in total. The normalized spacial score (nSPS) is 9.44. The maximum absolute atomic E-state index is 11.8. The average molecular weight is 249 g/mol. The summed E-state index contributed by atoms with van der Waals surface area (Å²) in [5.74, 6) is -0.402. The molecule has 1 rings (SSSR count). The highest BCUT2D eigenvalue weighted by atomic mass is 16.5. The van der Waals surface area contributed by atoms with Crippen molar-refractivity contribution >= 4 is 11.7 Å². The van der Waals surface area contributed by atoms with Crippen molar-refractivity contribution in [1.29, 1.82) is 0 Å². The first-order valence-electron chi connectivity index (χ1n) is 5.29. The Morgan fingerprint density at radius 1 is 1.28 bits per heavy atom. The molecule has 0 saturated heterocycles. The van der Waals surface area contributed by atoms with Crippen LogP contribution in [-0.2, 0) is 4.79 Å². The van der Waals surface area contributed by atoms with Gasteiger partial charge >= 0.3 is 0 Å². The highest BCUT2D eigenvalue weighted by Gasteiger charge is 2.17. The lowest BCUT2D eigenvalue weighted by Gasteiger charge is -2.08. The largest absolute Gasteiger partial charge is 0.493 e. The first-order chi connectivity index (χ1) is 8.63. The maximum Gasteiger partial charge on any atom is 0.292 e. The Hall–Kier alpha value is -2.30. The third-order valence-electron chi connectivity index (χ3n) is 2.26. The van der Waals surface area contributed by atoms with Crippen LogP contribution in [0.25, 0.3) is 0 Å². The van der Waals surface area contributed by atoms with Crippen LogP contribution in [0.4, 0.5) is 0 Å². The quantitative estimate of drug-likeness (QED) is 0.467. The molecular formula is C13H15NO4. The van der Waals surface area contributed by atoms with Crippen LogP contribution in [-0.4, -0.2) is 32.5 Å². The Kier molecular flexibility index (Phi) is 4.92. The molecule has 1 aromatic rings. The predicted octanol–water partition coefficient (Wildman–Crippen LogP) is 1.19. The van der Waals surface area contributed by atoms with E-state index in [9.17, 15) is 9.59 Å². The van der Waals surface area contributed by atoms with E-state index < -0.39 is 11.7 Å². The average Bonchev–Trinajstić information content (AvgIpc) is 2.42. The van der Waals surface area contributed by atoms with Crippen molar-refractivity contribution in [2.75, 3.05) is 20.8 Å². The van der Waals surface area contributed by atoms with Crippen molar-refractivity contribution in [3.63, 3.8) is 0 Å². The number of Topliss-reactive ketones (excluding diaryl/α,β-unsaturated/α-hetero) is 1. The second-order valence-electron chi connectivity index (χ2n) is 3.40. The maximum atomic E-state index is 11.8. The minimum absolute atomic E-state index is 0.245. The molecule has 0 heterocycles. The van der Waals surface area contributed by atoms with Gasteiger partial charge in [0.1, 0.15) is 0 Å². The lowest BCUT2D eigenvalue weighted by Crippen LogP contribution is -2.31. The molecule has 0 aliphatic heterocycles. The van der Waals surface area contributed by atoms with Crippen molar-refractivity contribution in [3.05, 3.63) is 36.4 Å². The standard InChI is InChI=1S/C13H15NO4/c1-4-7-14-13(16)12(15)9-5-6-10(17-2)11(8-9)18-3/h4-6,8H,1,7H2,2-3H3,(H,14,16). The van der Waals surface area contributed by atoms with Crippen LogP contribution in [0.2, 0.25) is 0 Å². The molecule has 1 amide bonds. The van der Waals surface area contributed by atoms with Gasteiger partial charge < -0.3 is 14.8 Å². The zero-order valence-corrected chi connectivity index (χ0v) is 10.4. The molecule has 0 atom stereocenters. The molecule has 96 valence electrons. The van der Waals surface area contributed by atoms with Crippen molar-refractivity contribution < 1.29 is 19.1 Å². The molecule has 5 nitrogen and oxygen atoms in total. The van der Waals surface area contributed by atoms with Crippen molar-refractivity contribution in [3.8, 4) is 11.5 Å². The fraction of sp³-hybridized carbons (Fsp3) is 0.231. The predicted molar refractivity (Wildman–Crippen MR) is 67.1 cm³/mol. The molecule has 0 radical (unpaired) electrons. The summed E-state index contributed by atoms with van der Waals surface area (Å²) in [5, 5.41) is 2.42. The van der Waals surface area contributed by atoms with Crippen molar-refractivity contribution in [1.82, 2.24) is 5.32 Å². The Bertz CT molecular complexity index is 468. The molecule has 0 saturated carbocycles. The number of methoxy groups -OCH3 is 2. The summed E-state index contributed by atoms with van der Waals surface area (Å²) < 4.78 is 10.1. The van der Waals surface area contributed by atoms with E-state index in [0.717, 1.165) is 0 Å². The molecule has 0 spiro atoms. The van der Waals surface area contributed by atoms with E-state index >= 15 is 0 Å². The number of ketones is 1. The molecule has 0 aromatic heterocycles. The van der Waals surface area contributed by atoms with Gasteiger partial charge in [0.25, 0.3) is 5.91 Å². The van der Waals surface area contributed by atoms with E-state index in [2.05, 4.69) is 11.9 Å². The summed E-state index contributed by atoms with van der Waals surface area (Å²) in [6.45, 7) is 3.70. The monoisotopic (exact) mass is 249 g/mol. The van der Waals surface area contributed by atoms with Gasteiger partial charge in [-0.3, -0.25) is 9.59 Å². The number of nitrogens with one attached hydrogen (secondary N) is 1. The summed E-state index contributed by atoms with van der Waals surface area (Å²) >= 11 is 0. The molecule has 0 aliphatic carbocycles. The summed E-state index contributed by atoms with van der Waals surface area (Å²) in [4.78, 5) is 23.3. The minimum atomic E-state index is -0.679.